The number of hydrogen-bond donors (Lipinski definition) is 2. The van der Waals surface area contributed by atoms with Gasteiger partial charge < -0.3 is 10.6 Å². The SMILES string of the molecule is CNc1ncccc1C(=O)NCC1CCCS1. The number of aromatic nitrogens is 1. The number of hydrogen-bond acceptors (Lipinski definition) is 4. The van der Waals surface area contributed by atoms with Gasteiger partial charge in [-0.2, -0.15) is 11.8 Å². The summed E-state index contributed by atoms with van der Waals surface area (Å²) in [6, 6.07) is 3.57. The van der Waals surface area contributed by atoms with Crippen LogP contribution in [-0.2, 0) is 0 Å². The zero-order valence-corrected chi connectivity index (χ0v) is 10.7. The second-order valence-electron chi connectivity index (χ2n) is 3.99. The van der Waals surface area contributed by atoms with Crippen molar-refractivity contribution >= 4 is 23.5 Å². The van der Waals surface area contributed by atoms with Crippen molar-refractivity contribution in [3.8, 4) is 0 Å². The normalized spacial score (nSPS) is 19.0. The smallest absolute Gasteiger partial charge is 0.255 e. The van der Waals surface area contributed by atoms with E-state index in [1.54, 1.807) is 25.4 Å². The maximum atomic E-state index is 12.0. The highest BCUT2D eigenvalue weighted by molar-refractivity contribution is 8.00. The van der Waals surface area contributed by atoms with Gasteiger partial charge in [0.25, 0.3) is 5.91 Å². The zero-order chi connectivity index (χ0) is 12.1. The van der Waals surface area contributed by atoms with Crippen LogP contribution in [0.2, 0.25) is 0 Å². The van der Waals surface area contributed by atoms with E-state index >= 15 is 0 Å². The summed E-state index contributed by atoms with van der Waals surface area (Å²) in [5.74, 6) is 1.80. The first kappa shape index (κ1) is 12.2. The van der Waals surface area contributed by atoms with Crippen LogP contribution in [0.15, 0.2) is 18.3 Å². The predicted octanol–water partition coefficient (Wildman–Crippen LogP) is 1.75. The van der Waals surface area contributed by atoms with E-state index in [9.17, 15) is 4.79 Å². The molecule has 1 aliphatic heterocycles. The number of rotatable bonds is 4. The van der Waals surface area contributed by atoms with Crippen molar-refractivity contribution < 1.29 is 4.79 Å². The molecule has 0 aliphatic carbocycles. The summed E-state index contributed by atoms with van der Waals surface area (Å²) >= 11 is 1.94. The molecule has 1 saturated heterocycles. The molecule has 92 valence electrons. The molecule has 1 fully saturated rings. The average Bonchev–Trinajstić information content (AvgIpc) is 2.89. The number of nitrogens with one attached hydrogen (secondary N) is 2. The Balaban J connectivity index is 1.94. The quantitative estimate of drug-likeness (QED) is 0.856. The molecule has 1 atom stereocenters. The summed E-state index contributed by atoms with van der Waals surface area (Å²) in [6.07, 6.45) is 4.15. The van der Waals surface area contributed by atoms with E-state index in [-0.39, 0.29) is 5.91 Å². The Bertz CT molecular complexity index is 391. The van der Waals surface area contributed by atoms with E-state index in [0.717, 1.165) is 6.54 Å². The van der Waals surface area contributed by atoms with Gasteiger partial charge in [0, 0.05) is 25.0 Å². The van der Waals surface area contributed by atoms with Crippen molar-refractivity contribution in [1.82, 2.24) is 10.3 Å². The summed E-state index contributed by atoms with van der Waals surface area (Å²) in [7, 11) is 1.77. The van der Waals surface area contributed by atoms with Gasteiger partial charge in [-0.15, -0.1) is 0 Å². The summed E-state index contributed by atoms with van der Waals surface area (Å²) < 4.78 is 0. The van der Waals surface area contributed by atoms with Gasteiger partial charge in [-0.05, 0) is 30.7 Å². The topological polar surface area (TPSA) is 54.0 Å². The van der Waals surface area contributed by atoms with Crippen LogP contribution < -0.4 is 10.6 Å². The first-order valence-electron chi connectivity index (χ1n) is 5.84. The predicted molar refractivity (Wildman–Crippen MR) is 71.6 cm³/mol. The number of carbonyl (C=O) groups is 1. The largest absolute Gasteiger partial charge is 0.372 e. The molecule has 4 nitrogen and oxygen atoms in total. The summed E-state index contributed by atoms with van der Waals surface area (Å²) in [6.45, 7) is 0.752. The molecule has 1 aliphatic rings. The molecule has 0 saturated carbocycles. The molecule has 2 rings (SSSR count). The standard InChI is InChI=1S/C12H17N3OS/c1-13-11-10(5-2-6-14-11)12(16)15-8-9-4-3-7-17-9/h2,5-6,9H,3-4,7-8H2,1H3,(H,13,14)(H,15,16). The molecule has 17 heavy (non-hydrogen) atoms. The fourth-order valence-corrected chi connectivity index (χ4v) is 3.10. The van der Waals surface area contributed by atoms with Crippen LogP contribution in [0.1, 0.15) is 23.2 Å². The first-order valence-corrected chi connectivity index (χ1v) is 6.88. The van der Waals surface area contributed by atoms with E-state index in [0.29, 0.717) is 16.6 Å². The van der Waals surface area contributed by atoms with Crippen LogP contribution >= 0.6 is 11.8 Å². The molecule has 1 unspecified atom stereocenters. The Hall–Kier alpha value is -1.23. The van der Waals surface area contributed by atoms with Crippen molar-refractivity contribution in [2.24, 2.45) is 0 Å². The van der Waals surface area contributed by atoms with Gasteiger partial charge in [-0.25, -0.2) is 4.98 Å². The third kappa shape index (κ3) is 3.12. The Labute approximate surface area is 106 Å². The fourth-order valence-electron chi connectivity index (χ4n) is 1.89. The highest BCUT2D eigenvalue weighted by atomic mass is 32.2. The van der Waals surface area contributed by atoms with Gasteiger partial charge in [0.05, 0.1) is 5.56 Å². The molecule has 0 radical (unpaired) electrons. The Morgan fingerprint density at radius 3 is 3.24 bits per heavy atom. The van der Waals surface area contributed by atoms with Gasteiger partial charge in [-0.1, -0.05) is 0 Å². The minimum absolute atomic E-state index is 0.0463. The van der Waals surface area contributed by atoms with E-state index in [4.69, 9.17) is 0 Å². The van der Waals surface area contributed by atoms with Gasteiger partial charge in [-0.3, -0.25) is 4.79 Å². The Morgan fingerprint density at radius 2 is 2.53 bits per heavy atom. The molecule has 5 heteroatoms. The average molecular weight is 251 g/mol. The summed E-state index contributed by atoms with van der Waals surface area (Å²) in [5.41, 5.74) is 0.609. The van der Waals surface area contributed by atoms with Crippen molar-refractivity contribution in [2.75, 3.05) is 24.7 Å². The lowest BCUT2D eigenvalue weighted by atomic mass is 10.2. The highest BCUT2D eigenvalue weighted by Gasteiger charge is 2.17. The Kier molecular flexibility index (Phi) is 4.25. The maximum absolute atomic E-state index is 12.0. The van der Waals surface area contributed by atoms with E-state index in [1.165, 1.54) is 18.6 Å². The lowest BCUT2D eigenvalue weighted by Gasteiger charge is -2.11. The molecule has 0 spiro atoms. The molecular formula is C12H17N3OS. The zero-order valence-electron chi connectivity index (χ0n) is 9.90. The molecule has 1 aromatic heterocycles. The molecule has 2 N–H and O–H groups in total. The number of thioether (sulfide) groups is 1. The number of pyridine rings is 1. The molecule has 1 aromatic rings. The second kappa shape index (κ2) is 5.91. The maximum Gasteiger partial charge on any atom is 0.255 e. The monoisotopic (exact) mass is 251 g/mol. The highest BCUT2D eigenvalue weighted by Crippen LogP contribution is 2.25. The van der Waals surface area contributed by atoms with Gasteiger partial charge in [0.2, 0.25) is 0 Å². The van der Waals surface area contributed by atoms with Crippen LogP contribution in [0, 0.1) is 0 Å². The van der Waals surface area contributed by atoms with Crippen molar-refractivity contribution in [1.29, 1.82) is 0 Å². The summed E-state index contributed by atoms with van der Waals surface area (Å²) in [5, 5.41) is 6.48. The van der Waals surface area contributed by atoms with E-state index < -0.39 is 0 Å². The van der Waals surface area contributed by atoms with Crippen molar-refractivity contribution in [3.63, 3.8) is 0 Å². The third-order valence-electron chi connectivity index (χ3n) is 2.80. The molecule has 0 aromatic carbocycles. The van der Waals surface area contributed by atoms with Crippen LogP contribution in [0.4, 0.5) is 5.82 Å². The number of anilines is 1. The lowest BCUT2D eigenvalue weighted by molar-refractivity contribution is 0.0954. The minimum atomic E-state index is -0.0463. The molecule has 0 bridgehead atoms. The van der Waals surface area contributed by atoms with Gasteiger partial charge >= 0.3 is 0 Å². The number of carbonyl (C=O) groups excluding carboxylic acids is 1. The lowest BCUT2D eigenvalue weighted by Crippen LogP contribution is -2.30. The third-order valence-corrected chi connectivity index (χ3v) is 4.20. The van der Waals surface area contributed by atoms with Crippen LogP contribution in [0.25, 0.3) is 0 Å². The van der Waals surface area contributed by atoms with Gasteiger partial charge in [0.1, 0.15) is 5.82 Å². The molecule has 1 amide bonds. The summed E-state index contributed by atoms with van der Waals surface area (Å²) in [4.78, 5) is 16.1. The Morgan fingerprint density at radius 1 is 1.65 bits per heavy atom. The minimum Gasteiger partial charge on any atom is -0.372 e. The van der Waals surface area contributed by atoms with E-state index in [1.807, 2.05) is 11.8 Å². The fraction of sp³-hybridized carbons (Fsp3) is 0.500. The van der Waals surface area contributed by atoms with Crippen LogP contribution in [-0.4, -0.2) is 35.5 Å². The number of nitrogens with zero attached hydrogens (tertiary/aromatic N) is 1. The molecule has 2 heterocycles. The van der Waals surface area contributed by atoms with Crippen LogP contribution in [0.3, 0.4) is 0 Å². The first-order chi connectivity index (χ1) is 8.31. The van der Waals surface area contributed by atoms with Crippen molar-refractivity contribution in [3.05, 3.63) is 23.9 Å². The van der Waals surface area contributed by atoms with Crippen molar-refractivity contribution in [2.45, 2.75) is 18.1 Å². The van der Waals surface area contributed by atoms with Crippen LogP contribution in [0.5, 0.6) is 0 Å². The molecular weight excluding hydrogens is 234 g/mol. The van der Waals surface area contributed by atoms with E-state index in [2.05, 4.69) is 15.6 Å². The van der Waals surface area contributed by atoms with Gasteiger partial charge in [0.15, 0.2) is 0 Å². The second-order valence-corrected chi connectivity index (χ2v) is 5.40. The number of amides is 1.